The summed E-state index contributed by atoms with van der Waals surface area (Å²) in [5.41, 5.74) is 0.0121. The van der Waals surface area contributed by atoms with E-state index in [2.05, 4.69) is 27.2 Å². The predicted octanol–water partition coefficient (Wildman–Crippen LogP) is 1.16. The second-order valence-corrected chi connectivity index (χ2v) is 7.27. The summed E-state index contributed by atoms with van der Waals surface area (Å²) in [6, 6.07) is 3.95. The lowest BCUT2D eigenvalue weighted by atomic mass is 10.2. The molecule has 0 fully saturated rings. The molecule has 0 saturated heterocycles. The number of amides is 1. The van der Waals surface area contributed by atoms with Crippen molar-refractivity contribution < 1.29 is 22.7 Å². The Labute approximate surface area is 143 Å². The summed E-state index contributed by atoms with van der Waals surface area (Å²) >= 11 is 3.16. The number of benzene rings is 1. The van der Waals surface area contributed by atoms with Crippen LogP contribution in [0.15, 0.2) is 40.2 Å². The fraction of sp³-hybridized carbons (Fsp3) is 0.286. The number of nitrogens with zero attached hydrogens (tertiary/aromatic N) is 1. The van der Waals surface area contributed by atoms with E-state index in [1.807, 2.05) is 0 Å². The Balaban J connectivity index is 2.99. The number of carbonyl (C=O) groups excluding carboxylic acids is 2. The molecule has 23 heavy (non-hydrogen) atoms. The smallest absolute Gasteiger partial charge is 0.339 e. The summed E-state index contributed by atoms with van der Waals surface area (Å²) in [7, 11) is -0.700. The van der Waals surface area contributed by atoms with Crippen molar-refractivity contribution in [2.75, 3.05) is 27.2 Å². The van der Waals surface area contributed by atoms with Gasteiger partial charge in [0.25, 0.3) is 5.91 Å². The number of nitrogens with one attached hydrogen (secondary N) is 1. The van der Waals surface area contributed by atoms with E-state index >= 15 is 0 Å². The van der Waals surface area contributed by atoms with Gasteiger partial charge >= 0.3 is 5.97 Å². The summed E-state index contributed by atoms with van der Waals surface area (Å²) in [5, 5.41) is 0. The highest BCUT2D eigenvalue weighted by Gasteiger charge is 2.19. The minimum absolute atomic E-state index is 0.0121. The van der Waals surface area contributed by atoms with Gasteiger partial charge in [0.05, 0.1) is 10.5 Å². The maximum absolute atomic E-state index is 12.0. The van der Waals surface area contributed by atoms with Gasteiger partial charge in [-0.3, -0.25) is 4.79 Å². The van der Waals surface area contributed by atoms with Gasteiger partial charge in [0.1, 0.15) is 0 Å². The second kappa shape index (κ2) is 8.23. The maximum Gasteiger partial charge on any atom is 0.339 e. The molecule has 0 spiro atoms. The van der Waals surface area contributed by atoms with Crippen molar-refractivity contribution in [1.29, 1.82) is 0 Å². The fourth-order valence-electron chi connectivity index (χ4n) is 1.41. The van der Waals surface area contributed by atoms with Crippen LogP contribution in [-0.2, 0) is 19.6 Å². The van der Waals surface area contributed by atoms with Gasteiger partial charge in [-0.15, -0.1) is 6.58 Å². The van der Waals surface area contributed by atoms with E-state index in [0.717, 1.165) is 0 Å². The van der Waals surface area contributed by atoms with Crippen molar-refractivity contribution in [1.82, 2.24) is 9.62 Å². The normalized spacial score (nSPS) is 10.9. The minimum atomic E-state index is -3.76. The van der Waals surface area contributed by atoms with E-state index in [0.29, 0.717) is 4.47 Å². The molecule has 0 radical (unpaired) electrons. The zero-order valence-electron chi connectivity index (χ0n) is 12.7. The first-order valence-corrected chi connectivity index (χ1v) is 8.74. The number of likely N-dealkylation sites (N-methyl/N-ethyl adjacent to an activating group) is 1. The molecule has 0 unspecified atom stereocenters. The van der Waals surface area contributed by atoms with E-state index in [1.54, 1.807) is 0 Å². The van der Waals surface area contributed by atoms with Crippen LogP contribution in [0.2, 0.25) is 0 Å². The summed E-state index contributed by atoms with van der Waals surface area (Å²) in [5.74, 6) is -1.18. The molecule has 0 atom stereocenters. The topological polar surface area (TPSA) is 92.8 Å². The monoisotopic (exact) mass is 404 g/mol. The molecule has 0 heterocycles. The van der Waals surface area contributed by atoms with Crippen molar-refractivity contribution in [2.45, 2.75) is 4.90 Å². The van der Waals surface area contributed by atoms with Gasteiger partial charge < -0.3 is 9.64 Å². The molecule has 0 aliphatic heterocycles. The summed E-state index contributed by atoms with van der Waals surface area (Å²) in [6.07, 6.45) is 1.40. The van der Waals surface area contributed by atoms with Gasteiger partial charge in [-0.05, 0) is 34.1 Å². The summed E-state index contributed by atoms with van der Waals surface area (Å²) in [6.45, 7) is 3.07. The van der Waals surface area contributed by atoms with E-state index in [9.17, 15) is 18.0 Å². The number of rotatable bonds is 7. The molecule has 9 heteroatoms. The Hall–Kier alpha value is -1.71. The van der Waals surface area contributed by atoms with Crippen LogP contribution in [0.25, 0.3) is 0 Å². The first-order valence-electron chi connectivity index (χ1n) is 6.46. The van der Waals surface area contributed by atoms with Crippen LogP contribution in [0.4, 0.5) is 0 Å². The Kier molecular flexibility index (Phi) is 6.92. The van der Waals surface area contributed by atoms with Crippen LogP contribution in [0.3, 0.4) is 0 Å². The van der Waals surface area contributed by atoms with Crippen molar-refractivity contribution >= 4 is 37.8 Å². The van der Waals surface area contributed by atoms with Gasteiger partial charge in [-0.1, -0.05) is 6.08 Å². The average molecular weight is 405 g/mol. The molecule has 1 aromatic rings. The van der Waals surface area contributed by atoms with E-state index in [1.165, 1.54) is 43.3 Å². The molecular formula is C14H17BrN2O5S. The predicted molar refractivity (Wildman–Crippen MR) is 88.5 cm³/mol. The van der Waals surface area contributed by atoms with Gasteiger partial charge in [-0.25, -0.2) is 17.9 Å². The SMILES string of the molecule is C=CCNS(=O)(=O)c1ccc(Br)c(C(=O)OCC(=O)N(C)C)c1. The third kappa shape index (κ3) is 5.45. The number of hydrogen-bond acceptors (Lipinski definition) is 5. The van der Waals surface area contributed by atoms with Crippen LogP contribution in [0.1, 0.15) is 10.4 Å². The van der Waals surface area contributed by atoms with E-state index in [-0.39, 0.29) is 22.9 Å². The van der Waals surface area contributed by atoms with Gasteiger partial charge in [0.15, 0.2) is 6.61 Å². The van der Waals surface area contributed by atoms with Crippen LogP contribution in [0.5, 0.6) is 0 Å². The molecule has 7 nitrogen and oxygen atoms in total. The molecular weight excluding hydrogens is 388 g/mol. The second-order valence-electron chi connectivity index (χ2n) is 4.65. The molecule has 1 rings (SSSR count). The Morgan fingerprint density at radius 2 is 2.04 bits per heavy atom. The molecule has 0 bridgehead atoms. The average Bonchev–Trinajstić information content (AvgIpc) is 2.50. The molecule has 0 aromatic heterocycles. The zero-order valence-corrected chi connectivity index (χ0v) is 15.1. The van der Waals surface area contributed by atoms with Crippen molar-refractivity contribution in [3.8, 4) is 0 Å². The highest BCUT2D eigenvalue weighted by molar-refractivity contribution is 9.10. The standard InChI is InChI=1S/C14H17BrN2O5S/c1-4-7-16-23(20,21)10-5-6-12(15)11(8-10)14(19)22-9-13(18)17(2)3/h4-6,8,16H,1,7,9H2,2-3H3. The number of sulfonamides is 1. The number of esters is 1. The maximum atomic E-state index is 12.0. The lowest BCUT2D eigenvalue weighted by Crippen LogP contribution is -2.28. The minimum Gasteiger partial charge on any atom is -0.452 e. The molecule has 1 N–H and O–H groups in total. The molecule has 1 amide bonds. The summed E-state index contributed by atoms with van der Waals surface area (Å²) < 4.78 is 31.6. The number of carbonyl (C=O) groups is 2. The first kappa shape index (κ1) is 19.3. The van der Waals surface area contributed by atoms with Crippen LogP contribution >= 0.6 is 15.9 Å². The van der Waals surface area contributed by atoms with E-state index in [4.69, 9.17) is 4.74 Å². The Morgan fingerprint density at radius 3 is 2.61 bits per heavy atom. The highest BCUT2D eigenvalue weighted by Crippen LogP contribution is 2.22. The van der Waals surface area contributed by atoms with Crippen molar-refractivity contribution in [3.63, 3.8) is 0 Å². The van der Waals surface area contributed by atoms with Crippen molar-refractivity contribution in [3.05, 3.63) is 40.9 Å². The summed E-state index contributed by atoms with van der Waals surface area (Å²) in [4.78, 5) is 24.7. The highest BCUT2D eigenvalue weighted by atomic mass is 79.9. The molecule has 126 valence electrons. The van der Waals surface area contributed by atoms with Gasteiger partial charge in [0, 0.05) is 25.1 Å². The Bertz CT molecular complexity index is 716. The number of halogens is 1. The fourth-order valence-corrected chi connectivity index (χ4v) is 2.85. The first-order chi connectivity index (χ1) is 10.7. The zero-order chi connectivity index (χ0) is 17.6. The largest absolute Gasteiger partial charge is 0.452 e. The third-order valence-electron chi connectivity index (χ3n) is 2.71. The Morgan fingerprint density at radius 1 is 1.39 bits per heavy atom. The molecule has 0 aliphatic rings. The molecule has 0 saturated carbocycles. The van der Waals surface area contributed by atoms with Gasteiger partial charge in [0.2, 0.25) is 10.0 Å². The lowest BCUT2D eigenvalue weighted by Gasteiger charge is -2.12. The molecule has 1 aromatic carbocycles. The number of hydrogen-bond donors (Lipinski definition) is 1. The van der Waals surface area contributed by atoms with Crippen LogP contribution in [0, 0.1) is 0 Å². The molecule has 0 aliphatic carbocycles. The van der Waals surface area contributed by atoms with E-state index < -0.39 is 22.6 Å². The quantitative estimate of drug-likeness (QED) is 0.543. The number of ether oxygens (including phenoxy) is 1. The van der Waals surface area contributed by atoms with Gasteiger partial charge in [-0.2, -0.15) is 0 Å². The van der Waals surface area contributed by atoms with Crippen LogP contribution in [-0.4, -0.2) is 52.4 Å². The third-order valence-corrected chi connectivity index (χ3v) is 4.82. The van der Waals surface area contributed by atoms with Crippen LogP contribution < -0.4 is 4.72 Å². The van der Waals surface area contributed by atoms with Crippen molar-refractivity contribution in [2.24, 2.45) is 0 Å². The lowest BCUT2D eigenvalue weighted by molar-refractivity contribution is -0.131.